The molecular formula is C13H20N2. The Morgan fingerprint density at radius 3 is 2.33 bits per heavy atom. The van der Waals surface area contributed by atoms with Crippen LogP contribution in [0.15, 0.2) is 12.3 Å². The largest absolute Gasteiger partial charge is 0.370 e. The lowest BCUT2D eigenvalue weighted by Crippen LogP contribution is -2.37. The van der Waals surface area contributed by atoms with Gasteiger partial charge in [-0.1, -0.05) is 20.8 Å². The topological polar surface area (TPSA) is 16.1 Å². The number of nitrogens with zero attached hydrogens (tertiary/aromatic N) is 2. The second kappa shape index (κ2) is 3.51. The molecule has 0 saturated carbocycles. The van der Waals surface area contributed by atoms with Gasteiger partial charge in [0.05, 0.1) is 11.9 Å². The van der Waals surface area contributed by atoms with Crippen LogP contribution >= 0.6 is 0 Å². The zero-order chi connectivity index (χ0) is 11.1. The molecule has 2 rings (SSSR count). The van der Waals surface area contributed by atoms with Gasteiger partial charge < -0.3 is 4.90 Å². The fraction of sp³-hybridized carbons (Fsp3) is 0.615. The molecule has 15 heavy (non-hydrogen) atoms. The molecule has 1 aliphatic rings. The van der Waals surface area contributed by atoms with E-state index in [9.17, 15) is 0 Å². The van der Waals surface area contributed by atoms with Crippen LogP contribution < -0.4 is 4.90 Å². The lowest BCUT2D eigenvalue weighted by molar-refractivity contribution is 0.562. The van der Waals surface area contributed by atoms with Crippen LogP contribution in [-0.4, -0.2) is 18.1 Å². The van der Waals surface area contributed by atoms with Crippen LogP contribution in [0.4, 0.5) is 5.69 Å². The molecule has 0 radical (unpaired) electrons. The highest BCUT2D eigenvalue weighted by atomic mass is 15.2. The number of aromatic nitrogens is 1. The van der Waals surface area contributed by atoms with Gasteiger partial charge in [-0.25, -0.2) is 0 Å². The van der Waals surface area contributed by atoms with Crippen LogP contribution in [0, 0.1) is 6.92 Å². The van der Waals surface area contributed by atoms with E-state index in [0.29, 0.717) is 0 Å². The molecule has 2 heterocycles. The van der Waals surface area contributed by atoms with Crippen molar-refractivity contribution in [3.63, 3.8) is 0 Å². The summed E-state index contributed by atoms with van der Waals surface area (Å²) in [5, 5.41) is 0. The van der Waals surface area contributed by atoms with Crippen molar-refractivity contribution < 1.29 is 0 Å². The number of rotatable bonds is 1. The molecule has 1 aliphatic heterocycles. The second-order valence-electron chi connectivity index (χ2n) is 5.45. The molecule has 0 unspecified atom stereocenters. The lowest BCUT2D eigenvalue weighted by atomic mass is 9.88. The van der Waals surface area contributed by atoms with Gasteiger partial charge in [0.25, 0.3) is 0 Å². The van der Waals surface area contributed by atoms with Gasteiger partial charge in [-0.15, -0.1) is 0 Å². The molecule has 1 aromatic rings. The Labute approximate surface area is 92.3 Å². The van der Waals surface area contributed by atoms with E-state index >= 15 is 0 Å². The average molecular weight is 204 g/mol. The Morgan fingerprint density at radius 2 is 1.93 bits per heavy atom. The molecule has 0 aliphatic carbocycles. The molecule has 0 atom stereocenters. The first kappa shape index (κ1) is 10.5. The minimum absolute atomic E-state index is 0.150. The number of aryl methyl sites for hydroxylation is 1. The number of pyridine rings is 1. The van der Waals surface area contributed by atoms with Crippen LogP contribution in [-0.2, 0) is 5.41 Å². The van der Waals surface area contributed by atoms with E-state index in [-0.39, 0.29) is 5.41 Å². The standard InChI is InChI=1S/C13H20N2/c1-10-8-11(15-6-5-7-15)9-14-12(10)13(2,3)4/h8-9H,5-7H2,1-4H3. The van der Waals surface area contributed by atoms with Gasteiger partial charge in [-0.2, -0.15) is 0 Å². The molecular weight excluding hydrogens is 184 g/mol. The van der Waals surface area contributed by atoms with Crippen molar-refractivity contribution in [2.45, 2.75) is 39.5 Å². The van der Waals surface area contributed by atoms with E-state index in [4.69, 9.17) is 0 Å². The Kier molecular flexibility index (Phi) is 2.45. The third kappa shape index (κ3) is 1.99. The van der Waals surface area contributed by atoms with Crippen molar-refractivity contribution >= 4 is 5.69 Å². The highest BCUT2D eigenvalue weighted by Crippen LogP contribution is 2.27. The third-order valence-electron chi connectivity index (χ3n) is 3.00. The van der Waals surface area contributed by atoms with E-state index in [1.54, 1.807) is 0 Å². The average Bonchev–Trinajstić information content (AvgIpc) is 1.97. The summed E-state index contributed by atoms with van der Waals surface area (Å²) >= 11 is 0. The number of anilines is 1. The molecule has 1 saturated heterocycles. The minimum Gasteiger partial charge on any atom is -0.370 e. The first-order chi connectivity index (χ1) is 6.98. The summed E-state index contributed by atoms with van der Waals surface area (Å²) in [5.41, 5.74) is 3.96. The summed E-state index contributed by atoms with van der Waals surface area (Å²) in [6.45, 7) is 11.2. The fourth-order valence-corrected chi connectivity index (χ4v) is 2.09. The Morgan fingerprint density at radius 1 is 1.27 bits per heavy atom. The smallest absolute Gasteiger partial charge is 0.0555 e. The summed E-state index contributed by atoms with van der Waals surface area (Å²) in [6, 6.07) is 2.27. The van der Waals surface area contributed by atoms with Crippen molar-refractivity contribution in [2.75, 3.05) is 18.0 Å². The van der Waals surface area contributed by atoms with Crippen LogP contribution in [0.5, 0.6) is 0 Å². The molecule has 0 amide bonds. The number of hydrogen-bond donors (Lipinski definition) is 0. The van der Waals surface area contributed by atoms with E-state index in [1.165, 1.54) is 36.5 Å². The monoisotopic (exact) mass is 204 g/mol. The van der Waals surface area contributed by atoms with E-state index in [2.05, 4.69) is 43.6 Å². The molecule has 0 spiro atoms. The molecule has 1 fully saturated rings. The first-order valence-electron chi connectivity index (χ1n) is 5.70. The van der Waals surface area contributed by atoms with Gasteiger partial charge in [0.15, 0.2) is 0 Å². The first-order valence-corrected chi connectivity index (χ1v) is 5.70. The molecule has 1 aromatic heterocycles. The van der Waals surface area contributed by atoms with E-state index in [0.717, 1.165) is 0 Å². The van der Waals surface area contributed by atoms with Crippen LogP contribution in [0.1, 0.15) is 38.4 Å². The molecule has 2 nitrogen and oxygen atoms in total. The van der Waals surface area contributed by atoms with Gasteiger partial charge in [-0.05, 0) is 25.0 Å². The van der Waals surface area contributed by atoms with E-state index in [1.807, 2.05) is 6.20 Å². The zero-order valence-corrected chi connectivity index (χ0v) is 10.2. The van der Waals surface area contributed by atoms with Gasteiger partial charge in [0.1, 0.15) is 0 Å². The van der Waals surface area contributed by atoms with Crippen molar-refractivity contribution in [2.24, 2.45) is 0 Å². The predicted octanol–water partition coefficient (Wildman–Crippen LogP) is 2.90. The van der Waals surface area contributed by atoms with Gasteiger partial charge in [0, 0.05) is 24.2 Å². The van der Waals surface area contributed by atoms with Crippen LogP contribution in [0.25, 0.3) is 0 Å². The fourth-order valence-electron chi connectivity index (χ4n) is 2.09. The highest BCUT2D eigenvalue weighted by Gasteiger charge is 2.20. The third-order valence-corrected chi connectivity index (χ3v) is 3.00. The van der Waals surface area contributed by atoms with Gasteiger partial charge >= 0.3 is 0 Å². The summed E-state index contributed by atoms with van der Waals surface area (Å²) in [4.78, 5) is 6.99. The summed E-state index contributed by atoms with van der Waals surface area (Å²) in [6.07, 6.45) is 3.34. The lowest BCUT2D eigenvalue weighted by Gasteiger charge is -2.33. The van der Waals surface area contributed by atoms with Crippen molar-refractivity contribution in [1.29, 1.82) is 0 Å². The maximum Gasteiger partial charge on any atom is 0.0555 e. The summed E-state index contributed by atoms with van der Waals surface area (Å²) < 4.78 is 0. The van der Waals surface area contributed by atoms with Crippen molar-refractivity contribution in [1.82, 2.24) is 4.98 Å². The summed E-state index contributed by atoms with van der Waals surface area (Å²) in [7, 11) is 0. The quantitative estimate of drug-likeness (QED) is 0.699. The van der Waals surface area contributed by atoms with Crippen LogP contribution in [0.3, 0.4) is 0 Å². The van der Waals surface area contributed by atoms with Crippen LogP contribution in [0.2, 0.25) is 0 Å². The predicted molar refractivity (Wildman–Crippen MR) is 64.5 cm³/mol. The molecule has 0 bridgehead atoms. The second-order valence-corrected chi connectivity index (χ2v) is 5.45. The molecule has 0 aromatic carbocycles. The molecule has 82 valence electrons. The molecule has 2 heteroatoms. The summed E-state index contributed by atoms with van der Waals surface area (Å²) in [5.74, 6) is 0. The van der Waals surface area contributed by atoms with Gasteiger partial charge in [-0.3, -0.25) is 4.98 Å². The zero-order valence-electron chi connectivity index (χ0n) is 10.2. The van der Waals surface area contributed by atoms with E-state index < -0.39 is 0 Å². The van der Waals surface area contributed by atoms with Gasteiger partial charge in [0.2, 0.25) is 0 Å². The SMILES string of the molecule is Cc1cc(N2CCC2)cnc1C(C)(C)C. The minimum atomic E-state index is 0.150. The molecule has 0 N–H and O–H groups in total. The maximum atomic E-state index is 4.61. The maximum absolute atomic E-state index is 4.61. The highest BCUT2D eigenvalue weighted by molar-refractivity contribution is 5.49. The number of hydrogen-bond acceptors (Lipinski definition) is 2. The van der Waals surface area contributed by atoms with Crippen molar-refractivity contribution in [3.05, 3.63) is 23.5 Å². The Hall–Kier alpha value is -1.05. The Bertz CT molecular complexity index is 359. The Balaban J connectivity index is 2.30. The normalized spacial score (nSPS) is 16.4. The van der Waals surface area contributed by atoms with Crippen molar-refractivity contribution in [3.8, 4) is 0 Å².